The van der Waals surface area contributed by atoms with E-state index in [-0.39, 0.29) is 12.3 Å². The second-order valence-corrected chi connectivity index (χ2v) is 2.06. The summed E-state index contributed by atoms with van der Waals surface area (Å²) >= 11 is 0. The summed E-state index contributed by atoms with van der Waals surface area (Å²) in [7, 11) is 0. The maximum absolute atomic E-state index is 10.5. The lowest BCUT2D eigenvalue weighted by Crippen LogP contribution is -2.00. The number of hydrogen-bond acceptors (Lipinski definition) is 3. The quantitative estimate of drug-likeness (QED) is 0.552. The number of hydrogen-bond donors (Lipinski definition) is 3. The van der Waals surface area contributed by atoms with Crippen molar-refractivity contribution in [2.75, 3.05) is 0 Å². The first kappa shape index (κ1) is 7.41. The molecule has 0 amide bonds. The molecule has 0 saturated heterocycles. The molecule has 0 fully saturated rings. The van der Waals surface area contributed by atoms with Crippen LogP contribution >= 0.6 is 0 Å². The van der Waals surface area contributed by atoms with Crippen LogP contribution in [0.5, 0.6) is 5.88 Å². The van der Waals surface area contributed by atoms with Gasteiger partial charge < -0.3 is 10.1 Å². The summed E-state index contributed by atoms with van der Waals surface area (Å²) in [6.45, 7) is 0. The first-order valence-electron chi connectivity index (χ1n) is 3.11. The van der Waals surface area contributed by atoms with E-state index in [1.807, 2.05) is 6.07 Å². The summed E-state index contributed by atoms with van der Waals surface area (Å²) in [5.74, 6) is -0.176. The van der Waals surface area contributed by atoms with E-state index < -0.39 is 5.69 Å². The molecule has 0 unspecified atom stereocenters. The molecule has 0 bridgehead atoms. The number of aromatic nitrogens is 2. The Labute approximate surface area is 62.3 Å². The Bertz CT molecular complexity index is 330. The van der Waals surface area contributed by atoms with Gasteiger partial charge in [-0.2, -0.15) is 5.26 Å². The van der Waals surface area contributed by atoms with Crippen molar-refractivity contribution in [2.24, 2.45) is 0 Å². The lowest BCUT2D eigenvalue weighted by atomic mass is 10.3. The minimum absolute atomic E-state index is 0.176. The largest absolute Gasteiger partial charge is 0.493 e. The molecule has 5 nitrogen and oxygen atoms in total. The molecule has 1 heterocycles. The standard InChI is InChI=1S/C6H7N3O2/c7-3-1-2-4-5(10)9-6(11)8-4/h10H,1-2H2,(H2,8,9,11). The topological polar surface area (TPSA) is 92.7 Å². The normalized spacial score (nSPS) is 9.36. The average molecular weight is 153 g/mol. The molecule has 0 spiro atoms. The van der Waals surface area contributed by atoms with Crippen molar-refractivity contribution < 1.29 is 5.11 Å². The van der Waals surface area contributed by atoms with Crippen LogP contribution in [-0.4, -0.2) is 15.1 Å². The fourth-order valence-electron chi connectivity index (χ4n) is 0.772. The molecule has 0 aromatic carbocycles. The zero-order valence-corrected chi connectivity index (χ0v) is 5.72. The number of nitrogens with one attached hydrogen (secondary N) is 2. The van der Waals surface area contributed by atoms with E-state index in [2.05, 4.69) is 9.97 Å². The third kappa shape index (κ3) is 1.61. The van der Waals surface area contributed by atoms with E-state index in [0.29, 0.717) is 12.1 Å². The fourth-order valence-corrected chi connectivity index (χ4v) is 0.772. The number of H-pyrrole nitrogens is 2. The van der Waals surface area contributed by atoms with Gasteiger partial charge in [0.25, 0.3) is 0 Å². The summed E-state index contributed by atoms with van der Waals surface area (Å²) in [6, 6.07) is 1.91. The molecular formula is C6H7N3O2. The van der Waals surface area contributed by atoms with Crippen molar-refractivity contribution in [2.45, 2.75) is 12.8 Å². The van der Waals surface area contributed by atoms with E-state index >= 15 is 0 Å². The van der Waals surface area contributed by atoms with Crippen molar-refractivity contribution in [1.29, 1.82) is 5.26 Å². The van der Waals surface area contributed by atoms with Gasteiger partial charge in [-0.3, -0.25) is 4.98 Å². The summed E-state index contributed by atoms with van der Waals surface area (Å²) in [6.07, 6.45) is 0.641. The lowest BCUT2D eigenvalue weighted by molar-refractivity contribution is 0.448. The van der Waals surface area contributed by atoms with E-state index in [9.17, 15) is 4.79 Å². The zero-order valence-electron chi connectivity index (χ0n) is 5.72. The maximum Gasteiger partial charge on any atom is 0.325 e. The fraction of sp³-hybridized carbons (Fsp3) is 0.333. The van der Waals surface area contributed by atoms with Crippen molar-refractivity contribution in [1.82, 2.24) is 9.97 Å². The molecule has 1 aromatic heterocycles. The third-order valence-corrected chi connectivity index (χ3v) is 1.27. The van der Waals surface area contributed by atoms with Gasteiger partial charge in [0.1, 0.15) is 0 Å². The van der Waals surface area contributed by atoms with Gasteiger partial charge in [0.2, 0.25) is 5.88 Å². The lowest BCUT2D eigenvalue weighted by Gasteiger charge is -1.89. The predicted molar refractivity (Wildman–Crippen MR) is 37.0 cm³/mol. The van der Waals surface area contributed by atoms with Crippen molar-refractivity contribution >= 4 is 0 Å². The van der Waals surface area contributed by atoms with Crippen LogP contribution in [-0.2, 0) is 6.42 Å². The minimum atomic E-state index is -0.449. The molecule has 58 valence electrons. The first-order valence-corrected chi connectivity index (χ1v) is 3.11. The Morgan fingerprint density at radius 1 is 1.55 bits per heavy atom. The summed E-state index contributed by atoms with van der Waals surface area (Å²) in [5, 5.41) is 17.2. The smallest absolute Gasteiger partial charge is 0.325 e. The summed E-state index contributed by atoms with van der Waals surface area (Å²) < 4.78 is 0. The van der Waals surface area contributed by atoms with Crippen LogP contribution < -0.4 is 5.69 Å². The second kappa shape index (κ2) is 2.92. The van der Waals surface area contributed by atoms with Crippen molar-refractivity contribution in [3.63, 3.8) is 0 Å². The second-order valence-electron chi connectivity index (χ2n) is 2.06. The number of aryl methyl sites for hydroxylation is 1. The van der Waals surface area contributed by atoms with Gasteiger partial charge >= 0.3 is 5.69 Å². The van der Waals surface area contributed by atoms with Gasteiger partial charge in [-0.15, -0.1) is 0 Å². The molecular weight excluding hydrogens is 146 g/mol. The minimum Gasteiger partial charge on any atom is -0.493 e. The Kier molecular flexibility index (Phi) is 1.97. The van der Waals surface area contributed by atoms with E-state index in [4.69, 9.17) is 10.4 Å². The Hall–Kier alpha value is -1.70. The van der Waals surface area contributed by atoms with Crippen LogP contribution in [0.4, 0.5) is 0 Å². The van der Waals surface area contributed by atoms with Crippen LogP contribution in [0, 0.1) is 11.3 Å². The molecule has 3 N–H and O–H groups in total. The van der Waals surface area contributed by atoms with Crippen molar-refractivity contribution in [3.8, 4) is 11.9 Å². The maximum atomic E-state index is 10.5. The molecule has 0 aliphatic heterocycles. The SMILES string of the molecule is N#CCCc1[nH]c(=O)[nH]c1O. The van der Waals surface area contributed by atoms with Crippen molar-refractivity contribution in [3.05, 3.63) is 16.2 Å². The Morgan fingerprint density at radius 2 is 2.27 bits per heavy atom. The number of aromatic amines is 2. The van der Waals surface area contributed by atoms with Crippen LogP contribution in [0.15, 0.2) is 4.79 Å². The number of aromatic hydroxyl groups is 1. The molecule has 1 rings (SSSR count). The van der Waals surface area contributed by atoms with Gasteiger partial charge in [0.05, 0.1) is 11.8 Å². The number of nitriles is 1. The summed E-state index contributed by atoms with van der Waals surface area (Å²) in [4.78, 5) is 15.0. The molecule has 0 aliphatic rings. The molecule has 0 atom stereocenters. The zero-order chi connectivity index (χ0) is 8.27. The number of nitrogens with zero attached hydrogens (tertiary/aromatic N) is 1. The highest BCUT2D eigenvalue weighted by Crippen LogP contribution is 2.08. The van der Waals surface area contributed by atoms with E-state index in [0.717, 1.165) is 0 Å². The molecule has 0 saturated carbocycles. The Morgan fingerprint density at radius 3 is 2.73 bits per heavy atom. The molecule has 1 aromatic rings. The average Bonchev–Trinajstić information content (AvgIpc) is 2.26. The van der Waals surface area contributed by atoms with Crippen LogP contribution in [0.3, 0.4) is 0 Å². The van der Waals surface area contributed by atoms with Gasteiger partial charge in [0, 0.05) is 12.8 Å². The van der Waals surface area contributed by atoms with Gasteiger partial charge in [0.15, 0.2) is 0 Å². The monoisotopic (exact) mass is 153 g/mol. The van der Waals surface area contributed by atoms with Gasteiger partial charge in [-0.05, 0) is 0 Å². The molecule has 11 heavy (non-hydrogen) atoms. The third-order valence-electron chi connectivity index (χ3n) is 1.27. The highest BCUT2D eigenvalue weighted by Gasteiger charge is 2.03. The first-order chi connectivity index (χ1) is 5.24. The summed E-state index contributed by atoms with van der Waals surface area (Å²) in [5.41, 5.74) is -0.0630. The predicted octanol–water partition coefficient (Wildman–Crippen LogP) is -0.135. The Balaban J connectivity index is 2.79. The molecule has 0 radical (unpaired) electrons. The van der Waals surface area contributed by atoms with Crippen LogP contribution in [0.2, 0.25) is 0 Å². The highest BCUT2D eigenvalue weighted by molar-refractivity contribution is 5.16. The number of imidazole rings is 1. The highest BCUT2D eigenvalue weighted by atomic mass is 16.3. The number of rotatable bonds is 2. The molecule has 5 heteroatoms. The van der Waals surface area contributed by atoms with E-state index in [1.165, 1.54) is 0 Å². The van der Waals surface area contributed by atoms with E-state index in [1.54, 1.807) is 0 Å². The molecule has 0 aliphatic carbocycles. The van der Waals surface area contributed by atoms with Gasteiger partial charge in [-0.1, -0.05) is 0 Å². The van der Waals surface area contributed by atoms with Crippen LogP contribution in [0.1, 0.15) is 12.1 Å². The van der Waals surface area contributed by atoms with Crippen LogP contribution in [0.25, 0.3) is 0 Å². The van der Waals surface area contributed by atoms with Gasteiger partial charge in [-0.25, -0.2) is 4.79 Å².